The number of halogens is 3. The fourth-order valence-electron chi connectivity index (χ4n) is 2.28. The van der Waals surface area contributed by atoms with E-state index in [9.17, 15) is 18.0 Å². The summed E-state index contributed by atoms with van der Waals surface area (Å²) in [6.07, 6.45) is -4.93. The number of hydrogen-bond acceptors (Lipinski definition) is 1. The first-order chi connectivity index (χ1) is 10.4. The summed E-state index contributed by atoms with van der Waals surface area (Å²) in [4.78, 5) is 10.7. The standard InChI is InChI=1S/C18H15F3O/c1-13-7-9-15(10-8-13)17(14-5-3-2-4-6-14)16(11-12-22)18(19,20)21/h2-10,12H,11H2,1H3/b17-16-. The van der Waals surface area contributed by atoms with Gasteiger partial charge in [-0.15, -0.1) is 0 Å². The highest BCUT2D eigenvalue weighted by atomic mass is 19.4. The summed E-state index contributed by atoms with van der Waals surface area (Å²) in [5.74, 6) is 0. The van der Waals surface area contributed by atoms with Gasteiger partial charge >= 0.3 is 6.18 Å². The van der Waals surface area contributed by atoms with Crippen LogP contribution < -0.4 is 0 Å². The van der Waals surface area contributed by atoms with E-state index in [4.69, 9.17) is 0 Å². The monoisotopic (exact) mass is 304 g/mol. The Morgan fingerprint density at radius 2 is 1.50 bits per heavy atom. The number of aryl methyl sites for hydroxylation is 1. The summed E-state index contributed by atoms with van der Waals surface area (Å²) in [5.41, 5.74) is 1.09. The number of allylic oxidation sites excluding steroid dienone is 1. The van der Waals surface area contributed by atoms with Crippen molar-refractivity contribution in [2.24, 2.45) is 0 Å². The predicted molar refractivity (Wildman–Crippen MR) is 80.4 cm³/mol. The zero-order valence-electron chi connectivity index (χ0n) is 12.0. The summed E-state index contributed by atoms with van der Waals surface area (Å²) in [7, 11) is 0. The van der Waals surface area contributed by atoms with Crippen LogP contribution in [0.25, 0.3) is 5.57 Å². The lowest BCUT2D eigenvalue weighted by Crippen LogP contribution is -2.15. The summed E-state index contributed by atoms with van der Waals surface area (Å²) < 4.78 is 40.2. The van der Waals surface area contributed by atoms with Crippen molar-refractivity contribution in [3.8, 4) is 0 Å². The van der Waals surface area contributed by atoms with Gasteiger partial charge in [-0.3, -0.25) is 0 Å². The molecule has 2 aromatic rings. The highest BCUT2D eigenvalue weighted by Gasteiger charge is 2.36. The lowest BCUT2D eigenvalue weighted by atomic mass is 9.91. The molecule has 0 unspecified atom stereocenters. The molecule has 0 aromatic heterocycles. The van der Waals surface area contributed by atoms with Gasteiger partial charge in [0.15, 0.2) is 0 Å². The van der Waals surface area contributed by atoms with Gasteiger partial charge in [-0.2, -0.15) is 13.2 Å². The summed E-state index contributed by atoms with van der Waals surface area (Å²) >= 11 is 0. The first-order valence-electron chi connectivity index (χ1n) is 6.80. The van der Waals surface area contributed by atoms with Crippen LogP contribution in [0.15, 0.2) is 60.2 Å². The van der Waals surface area contributed by atoms with Crippen molar-refractivity contribution in [2.45, 2.75) is 19.5 Å². The average Bonchev–Trinajstić information content (AvgIpc) is 2.49. The maximum absolute atomic E-state index is 13.4. The number of hydrogen-bond donors (Lipinski definition) is 0. The third-order valence-electron chi connectivity index (χ3n) is 3.33. The predicted octanol–water partition coefficient (Wildman–Crippen LogP) is 4.95. The van der Waals surface area contributed by atoms with Gasteiger partial charge in [0.25, 0.3) is 0 Å². The smallest absolute Gasteiger partial charge is 0.303 e. The molecule has 0 radical (unpaired) electrons. The molecule has 0 spiro atoms. The highest BCUT2D eigenvalue weighted by molar-refractivity contribution is 5.84. The molecule has 0 aliphatic rings. The number of alkyl halides is 3. The maximum atomic E-state index is 13.4. The first kappa shape index (κ1) is 16.0. The largest absolute Gasteiger partial charge is 0.413 e. The number of carbonyl (C=O) groups is 1. The Balaban J connectivity index is 2.74. The quantitative estimate of drug-likeness (QED) is 0.731. The molecule has 0 aliphatic carbocycles. The zero-order valence-corrected chi connectivity index (χ0v) is 12.0. The second-order valence-corrected chi connectivity index (χ2v) is 4.95. The van der Waals surface area contributed by atoms with E-state index in [1.807, 2.05) is 6.92 Å². The normalized spacial score (nSPS) is 12.7. The van der Waals surface area contributed by atoms with Crippen LogP contribution in [0.1, 0.15) is 23.1 Å². The van der Waals surface area contributed by atoms with Crippen molar-refractivity contribution in [2.75, 3.05) is 0 Å². The molecule has 0 saturated carbocycles. The van der Waals surface area contributed by atoms with E-state index >= 15 is 0 Å². The van der Waals surface area contributed by atoms with Gasteiger partial charge in [0.2, 0.25) is 0 Å². The Kier molecular flexibility index (Phi) is 4.81. The SMILES string of the molecule is Cc1ccc(/C(=C(/CC=O)C(F)(F)F)c2ccccc2)cc1. The highest BCUT2D eigenvalue weighted by Crippen LogP contribution is 2.37. The van der Waals surface area contributed by atoms with Crippen LogP contribution in [-0.2, 0) is 4.79 Å². The zero-order chi connectivity index (χ0) is 16.2. The van der Waals surface area contributed by atoms with E-state index in [-0.39, 0.29) is 5.57 Å². The first-order valence-corrected chi connectivity index (χ1v) is 6.80. The molecule has 0 saturated heterocycles. The van der Waals surface area contributed by atoms with Crippen LogP contribution >= 0.6 is 0 Å². The molecule has 2 rings (SSSR count). The molecule has 0 aliphatic heterocycles. The molecular weight excluding hydrogens is 289 g/mol. The van der Waals surface area contributed by atoms with Crippen molar-refractivity contribution in [1.82, 2.24) is 0 Å². The van der Waals surface area contributed by atoms with E-state index in [2.05, 4.69) is 0 Å². The molecule has 0 fully saturated rings. The van der Waals surface area contributed by atoms with E-state index < -0.39 is 18.2 Å². The van der Waals surface area contributed by atoms with Gasteiger partial charge in [0.05, 0.1) is 0 Å². The van der Waals surface area contributed by atoms with E-state index in [0.717, 1.165) is 5.56 Å². The maximum Gasteiger partial charge on any atom is 0.413 e. The lowest BCUT2D eigenvalue weighted by molar-refractivity contribution is -0.113. The molecule has 22 heavy (non-hydrogen) atoms. The second kappa shape index (κ2) is 6.60. The topological polar surface area (TPSA) is 17.1 Å². The Bertz CT molecular complexity index is 668. The third-order valence-corrected chi connectivity index (χ3v) is 3.33. The summed E-state index contributed by atoms with van der Waals surface area (Å²) in [6, 6.07) is 15.1. The van der Waals surface area contributed by atoms with Crippen molar-refractivity contribution in [3.05, 3.63) is 76.9 Å². The lowest BCUT2D eigenvalue weighted by Gasteiger charge is -2.17. The third kappa shape index (κ3) is 3.64. The van der Waals surface area contributed by atoms with Crippen LogP contribution in [0.5, 0.6) is 0 Å². The minimum absolute atomic E-state index is 0.0557. The molecule has 4 heteroatoms. The molecule has 0 amide bonds. The number of carbonyl (C=O) groups excluding carboxylic acids is 1. The minimum atomic E-state index is -4.56. The number of rotatable bonds is 4. The van der Waals surface area contributed by atoms with Crippen molar-refractivity contribution < 1.29 is 18.0 Å². The summed E-state index contributed by atoms with van der Waals surface area (Å²) in [5, 5.41) is 0. The van der Waals surface area contributed by atoms with E-state index in [1.165, 1.54) is 0 Å². The summed E-state index contributed by atoms with van der Waals surface area (Å²) in [6.45, 7) is 1.87. The van der Waals surface area contributed by atoms with Crippen LogP contribution in [0, 0.1) is 6.92 Å². The molecule has 1 nitrogen and oxygen atoms in total. The average molecular weight is 304 g/mol. The van der Waals surface area contributed by atoms with Gasteiger partial charge in [0.1, 0.15) is 6.29 Å². The number of benzene rings is 2. The molecule has 0 N–H and O–H groups in total. The van der Waals surface area contributed by atoms with Crippen molar-refractivity contribution in [1.29, 1.82) is 0 Å². The molecule has 2 aromatic carbocycles. The molecule has 0 atom stereocenters. The Hall–Kier alpha value is -2.36. The fraction of sp³-hybridized carbons (Fsp3) is 0.167. The Labute approximate surface area is 127 Å². The van der Waals surface area contributed by atoms with Gasteiger partial charge in [-0.05, 0) is 23.6 Å². The van der Waals surface area contributed by atoms with Gasteiger partial charge in [-0.25, -0.2) is 0 Å². The van der Waals surface area contributed by atoms with E-state index in [1.54, 1.807) is 54.6 Å². The van der Waals surface area contributed by atoms with Gasteiger partial charge < -0.3 is 4.79 Å². The molecule has 0 heterocycles. The second-order valence-electron chi connectivity index (χ2n) is 4.95. The van der Waals surface area contributed by atoms with Crippen molar-refractivity contribution in [3.63, 3.8) is 0 Å². The van der Waals surface area contributed by atoms with Gasteiger partial charge in [-0.1, -0.05) is 60.2 Å². The van der Waals surface area contributed by atoms with E-state index in [0.29, 0.717) is 17.4 Å². The van der Waals surface area contributed by atoms with Crippen LogP contribution in [0.3, 0.4) is 0 Å². The van der Waals surface area contributed by atoms with Gasteiger partial charge in [0, 0.05) is 12.0 Å². The van der Waals surface area contributed by atoms with Crippen molar-refractivity contribution >= 4 is 11.9 Å². The Morgan fingerprint density at radius 1 is 0.955 bits per heavy atom. The minimum Gasteiger partial charge on any atom is -0.303 e. The Morgan fingerprint density at radius 3 is 2.00 bits per heavy atom. The molecular formula is C18H15F3O. The van der Waals surface area contributed by atoms with Crippen LogP contribution in [0.4, 0.5) is 13.2 Å². The van der Waals surface area contributed by atoms with Crippen LogP contribution in [0.2, 0.25) is 0 Å². The number of aldehydes is 1. The molecule has 114 valence electrons. The fourth-order valence-corrected chi connectivity index (χ4v) is 2.28. The molecule has 0 bridgehead atoms. The van der Waals surface area contributed by atoms with Crippen LogP contribution in [-0.4, -0.2) is 12.5 Å².